The first-order valence-electron chi connectivity index (χ1n) is 12.0. The number of aromatic nitrogens is 1. The van der Waals surface area contributed by atoms with Gasteiger partial charge in [-0.3, -0.25) is 4.98 Å². The number of fused-ring (bicyclic) bond motifs is 1. The van der Waals surface area contributed by atoms with Crippen molar-refractivity contribution in [2.45, 2.75) is 44.9 Å². The molecule has 2 N–H and O–H groups in total. The summed E-state index contributed by atoms with van der Waals surface area (Å²) in [6.07, 6.45) is 10.7. The Balaban J connectivity index is 1.31. The van der Waals surface area contributed by atoms with Gasteiger partial charge in [-0.2, -0.15) is 0 Å². The lowest BCUT2D eigenvalue weighted by atomic mass is 9.86. The topological polar surface area (TPSA) is 81.7 Å². The number of carbonyl (C=O) groups is 1. The molecular weight excluding hydrogens is 430 g/mol. The molecule has 4 rings (SSSR count). The van der Waals surface area contributed by atoms with Crippen LogP contribution in [0.5, 0.6) is 23.0 Å². The first-order chi connectivity index (χ1) is 16.7. The number of amides is 2. The summed E-state index contributed by atoms with van der Waals surface area (Å²) in [6.45, 7) is 0.701. The third-order valence-corrected chi connectivity index (χ3v) is 6.35. The molecule has 180 valence electrons. The Bertz CT molecular complexity index is 1090. The van der Waals surface area contributed by atoms with Crippen molar-refractivity contribution in [3.05, 3.63) is 48.7 Å². The average molecular weight is 464 g/mol. The van der Waals surface area contributed by atoms with Crippen molar-refractivity contribution < 1.29 is 19.0 Å². The summed E-state index contributed by atoms with van der Waals surface area (Å²) in [5, 5.41) is 6.65. The minimum atomic E-state index is -0.182. The van der Waals surface area contributed by atoms with E-state index >= 15 is 0 Å². The average Bonchev–Trinajstić information content (AvgIpc) is 2.88. The number of rotatable bonds is 9. The van der Waals surface area contributed by atoms with Crippen molar-refractivity contribution in [2.75, 3.05) is 26.1 Å². The summed E-state index contributed by atoms with van der Waals surface area (Å²) in [5.74, 6) is 3.37. The number of pyridine rings is 1. The maximum Gasteiger partial charge on any atom is 0.319 e. The van der Waals surface area contributed by atoms with E-state index in [1.807, 2.05) is 36.4 Å². The molecule has 2 aromatic carbocycles. The van der Waals surface area contributed by atoms with Gasteiger partial charge in [0.25, 0.3) is 0 Å². The van der Waals surface area contributed by atoms with Gasteiger partial charge in [0, 0.05) is 29.9 Å². The van der Waals surface area contributed by atoms with Crippen LogP contribution in [0.25, 0.3) is 10.9 Å². The van der Waals surface area contributed by atoms with Gasteiger partial charge in [0.15, 0.2) is 11.5 Å². The molecule has 1 aliphatic carbocycles. The number of nitrogens with zero attached hydrogens (tertiary/aromatic N) is 1. The molecule has 7 nitrogen and oxygen atoms in total. The molecule has 7 heteroatoms. The quantitative estimate of drug-likeness (QED) is 0.353. The molecule has 1 fully saturated rings. The lowest BCUT2D eigenvalue weighted by Gasteiger charge is -2.21. The number of carbonyl (C=O) groups excluding carboxylic acids is 1. The van der Waals surface area contributed by atoms with E-state index in [0.717, 1.165) is 23.2 Å². The normalized spacial score (nSPS) is 13.9. The fraction of sp³-hybridized carbons (Fsp3) is 0.407. The molecule has 0 saturated heterocycles. The van der Waals surface area contributed by atoms with Crippen molar-refractivity contribution >= 4 is 22.6 Å². The van der Waals surface area contributed by atoms with Gasteiger partial charge in [0.05, 0.1) is 19.7 Å². The fourth-order valence-corrected chi connectivity index (χ4v) is 4.51. The first kappa shape index (κ1) is 23.7. The summed E-state index contributed by atoms with van der Waals surface area (Å²) in [6, 6.07) is 12.6. The van der Waals surface area contributed by atoms with Gasteiger partial charge in [-0.15, -0.1) is 0 Å². The van der Waals surface area contributed by atoms with E-state index in [4.69, 9.17) is 14.2 Å². The minimum absolute atomic E-state index is 0.182. The fourth-order valence-electron chi connectivity index (χ4n) is 4.51. The molecular formula is C27H33N3O4. The third kappa shape index (κ3) is 6.10. The van der Waals surface area contributed by atoms with Crippen molar-refractivity contribution in [2.24, 2.45) is 5.92 Å². The van der Waals surface area contributed by atoms with Gasteiger partial charge < -0.3 is 24.8 Å². The van der Waals surface area contributed by atoms with Crippen molar-refractivity contribution in [3.63, 3.8) is 0 Å². The Morgan fingerprint density at radius 3 is 2.44 bits per heavy atom. The van der Waals surface area contributed by atoms with Crippen LogP contribution in [0.15, 0.2) is 48.7 Å². The SMILES string of the molecule is COc1cc2nccc(Oc3ccc(NC(=O)NCCCC4CCCCC4)cc3)c2cc1OC. The van der Waals surface area contributed by atoms with Crippen LogP contribution in [0.4, 0.5) is 10.5 Å². The Morgan fingerprint density at radius 2 is 1.71 bits per heavy atom. The Kier molecular flexibility index (Phi) is 8.07. The van der Waals surface area contributed by atoms with Crippen LogP contribution < -0.4 is 24.8 Å². The van der Waals surface area contributed by atoms with Crippen molar-refractivity contribution in [1.29, 1.82) is 0 Å². The van der Waals surface area contributed by atoms with E-state index in [1.54, 1.807) is 26.5 Å². The summed E-state index contributed by atoms with van der Waals surface area (Å²) in [5.41, 5.74) is 1.46. The van der Waals surface area contributed by atoms with Gasteiger partial charge in [-0.1, -0.05) is 32.1 Å². The molecule has 0 atom stereocenters. The molecule has 3 aromatic rings. The Hall–Kier alpha value is -3.48. The number of hydrogen-bond acceptors (Lipinski definition) is 5. The molecule has 2 amide bonds. The Labute approximate surface area is 200 Å². The van der Waals surface area contributed by atoms with Crippen LogP contribution >= 0.6 is 0 Å². The molecule has 1 aromatic heterocycles. The smallest absolute Gasteiger partial charge is 0.319 e. The van der Waals surface area contributed by atoms with Crippen LogP contribution in [0, 0.1) is 5.92 Å². The maximum atomic E-state index is 12.2. The number of hydrogen-bond donors (Lipinski definition) is 2. The van der Waals surface area contributed by atoms with Gasteiger partial charge in [0.2, 0.25) is 0 Å². The van der Waals surface area contributed by atoms with Gasteiger partial charge in [-0.25, -0.2) is 4.79 Å². The number of nitrogens with one attached hydrogen (secondary N) is 2. The van der Waals surface area contributed by atoms with Gasteiger partial charge in [0.1, 0.15) is 11.5 Å². The molecule has 0 spiro atoms. The van der Waals surface area contributed by atoms with E-state index in [1.165, 1.54) is 38.5 Å². The minimum Gasteiger partial charge on any atom is -0.493 e. The van der Waals surface area contributed by atoms with Crippen molar-refractivity contribution in [1.82, 2.24) is 10.3 Å². The lowest BCUT2D eigenvalue weighted by molar-refractivity contribution is 0.251. The molecule has 1 saturated carbocycles. The summed E-state index contributed by atoms with van der Waals surface area (Å²) in [7, 11) is 3.19. The highest BCUT2D eigenvalue weighted by molar-refractivity contribution is 5.89. The van der Waals surface area contributed by atoms with Crippen LogP contribution in [0.2, 0.25) is 0 Å². The zero-order valence-corrected chi connectivity index (χ0v) is 19.9. The molecule has 0 unspecified atom stereocenters. The highest BCUT2D eigenvalue weighted by Gasteiger charge is 2.13. The second-order valence-corrected chi connectivity index (χ2v) is 8.69. The maximum absolute atomic E-state index is 12.2. The molecule has 0 bridgehead atoms. The zero-order valence-electron chi connectivity index (χ0n) is 19.9. The third-order valence-electron chi connectivity index (χ3n) is 6.35. The van der Waals surface area contributed by atoms with E-state index < -0.39 is 0 Å². The standard InChI is InChI=1S/C27H33N3O4/c1-32-25-17-22-23(18-26(25)33-2)28-16-14-24(22)34-21-12-10-20(11-13-21)30-27(31)29-15-6-9-19-7-4-3-5-8-19/h10-14,16-19H,3-9,15H2,1-2H3,(H2,29,30,31). The molecule has 0 radical (unpaired) electrons. The number of anilines is 1. The monoisotopic (exact) mass is 463 g/mol. The number of benzene rings is 2. The molecule has 1 aliphatic rings. The van der Waals surface area contributed by atoms with E-state index in [9.17, 15) is 4.79 Å². The Morgan fingerprint density at radius 1 is 0.971 bits per heavy atom. The summed E-state index contributed by atoms with van der Waals surface area (Å²) < 4.78 is 16.9. The summed E-state index contributed by atoms with van der Waals surface area (Å²) >= 11 is 0. The number of methoxy groups -OCH3 is 2. The van der Waals surface area contributed by atoms with E-state index in [0.29, 0.717) is 35.2 Å². The lowest BCUT2D eigenvalue weighted by Crippen LogP contribution is -2.29. The zero-order chi connectivity index (χ0) is 23.8. The van der Waals surface area contributed by atoms with E-state index in [2.05, 4.69) is 15.6 Å². The second kappa shape index (κ2) is 11.6. The van der Waals surface area contributed by atoms with Crippen molar-refractivity contribution in [3.8, 4) is 23.0 Å². The molecule has 1 heterocycles. The number of urea groups is 1. The predicted molar refractivity (Wildman–Crippen MR) is 134 cm³/mol. The molecule has 0 aliphatic heterocycles. The first-order valence-corrected chi connectivity index (χ1v) is 12.0. The van der Waals surface area contributed by atoms with E-state index in [-0.39, 0.29) is 6.03 Å². The van der Waals surface area contributed by atoms with Gasteiger partial charge >= 0.3 is 6.03 Å². The second-order valence-electron chi connectivity index (χ2n) is 8.69. The highest BCUT2D eigenvalue weighted by Crippen LogP contribution is 2.37. The van der Waals surface area contributed by atoms with Gasteiger partial charge in [-0.05, 0) is 55.2 Å². The predicted octanol–water partition coefficient (Wildman–Crippen LogP) is 6.53. The largest absolute Gasteiger partial charge is 0.493 e. The summed E-state index contributed by atoms with van der Waals surface area (Å²) in [4.78, 5) is 16.6. The van der Waals surface area contributed by atoms with Crippen LogP contribution in [0.1, 0.15) is 44.9 Å². The van der Waals surface area contributed by atoms with Crippen LogP contribution in [0.3, 0.4) is 0 Å². The van der Waals surface area contributed by atoms with Crippen LogP contribution in [-0.2, 0) is 0 Å². The highest BCUT2D eigenvalue weighted by atomic mass is 16.5. The van der Waals surface area contributed by atoms with Crippen LogP contribution in [-0.4, -0.2) is 31.8 Å². The number of ether oxygens (including phenoxy) is 3. The molecule has 34 heavy (non-hydrogen) atoms.